The second-order valence-corrected chi connectivity index (χ2v) is 2.65. The molecular formula is C7H13N5O3. The van der Waals surface area contributed by atoms with Crippen molar-refractivity contribution in [2.45, 2.75) is 0 Å². The Kier molecular flexibility index (Phi) is 4.51. The van der Waals surface area contributed by atoms with Crippen molar-refractivity contribution in [1.29, 1.82) is 0 Å². The molecule has 0 fully saturated rings. The Bertz CT molecular complexity index is 313. The van der Waals surface area contributed by atoms with Crippen molar-refractivity contribution in [1.82, 2.24) is 20.7 Å². The van der Waals surface area contributed by atoms with Crippen LogP contribution in [0.25, 0.3) is 0 Å². The van der Waals surface area contributed by atoms with E-state index < -0.39 is 5.91 Å². The zero-order chi connectivity index (χ0) is 11.1. The molecule has 8 nitrogen and oxygen atoms in total. The van der Waals surface area contributed by atoms with E-state index in [4.69, 9.17) is 15.6 Å². The van der Waals surface area contributed by atoms with Crippen LogP contribution < -0.4 is 11.1 Å². The van der Waals surface area contributed by atoms with Crippen LogP contribution in [-0.2, 0) is 4.74 Å². The summed E-state index contributed by atoms with van der Waals surface area (Å²) in [6.45, 7) is 0.862. The number of aromatic nitrogens is 3. The molecule has 5 N–H and O–H groups in total. The fourth-order valence-electron chi connectivity index (χ4n) is 0.893. The van der Waals surface area contributed by atoms with Gasteiger partial charge in [-0.2, -0.15) is 5.21 Å². The number of hydrogen-bond donors (Lipinski definition) is 4. The number of carbonyl (C=O) groups excluding carboxylic acids is 1. The van der Waals surface area contributed by atoms with Crippen LogP contribution in [0.15, 0.2) is 0 Å². The molecule has 0 aromatic carbocycles. The minimum Gasteiger partial charge on any atom is -0.394 e. The summed E-state index contributed by atoms with van der Waals surface area (Å²) in [4.78, 5) is 11.3. The highest BCUT2D eigenvalue weighted by Crippen LogP contribution is 2.00. The minimum atomic E-state index is -0.408. The molecule has 15 heavy (non-hydrogen) atoms. The summed E-state index contributed by atoms with van der Waals surface area (Å²) >= 11 is 0. The van der Waals surface area contributed by atoms with Crippen molar-refractivity contribution in [3.05, 3.63) is 5.69 Å². The van der Waals surface area contributed by atoms with E-state index in [1.807, 2.05) is 0 Å². The molecule has 1 aromatic rings. The number of H-pyrrole nitrogens is 1. The van der Waals surface area contributed by atoms with Gasteiger partial charge < -0.3 is 20.9 Å². The molecule has 84 valence electrons. The maximum atomic E-state index is 11.3. The van der Waals surface area contributed by atoms with Gasteiger partial charge in [-0.25, -0.2) is 0 Å². The third-order valence-electron chi connectivity index (χ3n) is 1.56. The van der Waals surface area contributed by atoms with Crippen molar-refractivity contribution >= 4 is 11.7 Å². The quantitative estimate of drug-likeness (QED) is 0.412. The van der Waals surface area contributed by atoms with E-state index in [1.54, 1.807) is 0 Å². The third kappa shape index (κ3) is 3.52. The maximum absolute atomic E-state index is 11.3. The third-order valence-corrected chi connectivity index (χ3v) is 1.56. The molecule has 0 radical (unpaired) electrons. The van der Waals surface area contributed by atoms with Crippen LogP contribution in [0.1, 0.15) is 10.5 Å². The fraction of sp³-hybridized carbons (Fsp3) is 0.571. The summed E-state index contributed by atoms with van der Waals surface area (Å²) in [6, 6.07) is 0. The summed E-state index contributed by atoms with van der Waals surface area (Å²) < 4.78 is 4.94. The lowest BCUT2D eigenvalue weighted by Crippen LogP contribution is -2.28. The van der Waals surface area contributed by atoms with Gasteiger partial charge in [-0.3, -0.25) is 4.79 Å². The highest BCUT2D eigenvalue weighted by Gasteiger charge is 2.12. The number of aromatic amines is 1. The fourth-order valence-corrected chi connectivity index (χ4v) is 0.893. The van der Waals surface area contributed by atoms with Crippen molar-refractivity contribution in [2.24, 2.45) is 0 Å². The predicted molar refractivity (Wildman–Crippen MR) is 51.0 cm³/mol. The Labute approximate surface area is 85.8 Å². The number of aliphatic hydroxyl groups excluding tert-OH is 1. The van der Waals surface area contributed by atoms with Crippen LogP contribution in [0.2, 0.25) is 0 Å². The van der Waals surface area contributed by atoms with Gasteiger partial charge in [0.25, 0.3) is 5.91 Å². The van der Waals surface area contributed by atoms with Crippen LogP contribution in [0, 0.1) is 0 Å². The van der Waals surface area contributed by atoms with Gasteiger partial charge in [-0.05, 0) is 0 Å². The van der Waals surface area contributed by atoms with Crippen molar-refractivity contribution in [3.8, 4) is 0 Å². The van der Waals surface area contributed by atoms with Gasteiger partial charge in [-0.1, -0.05) is 0 Å². The topological polar surface area (TPSA) is 126 Å². The molecule has 0 bridgehead atoms. The van der Waals surface area contributed by atoms with Crippen LogP contribution in [0.4, 0.5) is 5.82 Å². The Balaban J connectivity index is 2.22. The number of nitrogens with one attached hydrogen (secondary N) is 2. The molecule has 1 aromatic heterocycles. The number of ether oxygens (including phenoxy) is 1. The number of carbonyl (C=O) groups is 1. The van der Waals surface area contributed by atoms with E-state index in [-0.39, 0.29) is 24.7 Å². The van der Waals surface area contributed by atoms with Gasteiger partial charge in [0, 0.05) is 6.54 Å². The largest absolute Gasteiger partial charge is 0.394 e. The molecule has 0 unspecified atom stereocenters. The first-order valence-corrected chi connectivity index (χ1v) is 4.38. The van der Waals surface area contributed by atoms with Crippen LogP contribution in [0.3, 0.4) is 0 Å². The minimum absolute atomic E-state index is 0.0375. The molecular weight excluding hydrogens is 202 g/mol. The average molecular weight is 215 g/mol. The van der Waals surface area contributed by atoms with Gasteiger partial charge in [0.1, 0.15) is 0 Å². The molecule has 1 rings (SSSR count). The first kappa shape index (κ1) is 11.4. The molecule has 1 heterocycles. The predicted octanol–water partition coefficient (Wildman–Crippen LogP) is -1.87. The Morgan fingerprint density at radius 2 is 2.33 bits per heavy atom. The summed E-state index contributed by atoms with van der Waals surface area (Å²) in [6.07, 6.45) is 0. The molecule has 1 amide bonds. The van der Waals surface area contributed by atoms with Crippen molar-refractivity contribution in [3.63, 3.8) is 0 Å². The summed E-state index contributed by atoms with van der Waals surface area (Å²) in [7, 11) is 0. The molecule has 0 atom stereocenters. The highest BCUT2D eigenvalue weighted by molar-refractivity contribution is 5.96. The van der Waals surface area contributed by atoms with Crippen LogP contribution in [0.5, 0.6) is 0 Å². The monoisotopic (exact) mass is 215 g/mol. The summed E-state index contributed by atoms with van der Waals surface area (Å²) in [5, 5.41) is 20.3. The lowest BCUT2D eigenvalue weighted by atomic mass is 10.4. The lowest BCUT2D eigenvalue weighted by Gasteiger charge is -2.03. The van der Waals surface area contributed by atoms with Gasteiger partial charge in [0.15, 0.2) is 11.5 Å². The molecule has 8 heteroatoms. The first-order valence-electron chi connectivity index (χ1n) is 4.38. The van der Waals surface area contributed by atoms with E-state index in [9.17, 15) is 4.79 Å². The second-order valence-electron chi connectivity index (χ2n) is 2.65. The number of nitrogen functional groups attached to an aromatic ring is 1. The van der Waals surface area contributed by atoms with Gasteiger partial charge in [0.05, 0.1) is 19.8 Å². The normalized spacial score (nSPS) is 10.2. The van der Waals surface area contributed by atoms with Crippen molar-refractivity contribution < 1.29 is 14.6 Å². The van der Waals surface area contributed by atoms with E-state index in [0.717, 1.165) is 0 Å². The van der Waals surface area contributed by atoms with Gasteiger partial charge >= 0.3 is 0 Å². The Hall–Kier alpha value is -1.67. The zero-order valence-corrected chi connectivity index (χ0v) is 8.06. The number of nitrogens with zero attached hydrogens (tertiary/aromatic N) is 2. The molecule has 0 saturated heterocycles. The number of amides is 1. The Morgan fingerprint density at radius 3 is 2.93 bits per heavy atom. The lowest BCUT2D eigenvalue weighted by molar-refractivity contribution is 0.0835. The molecule has 0 saturated carbocycles. The van der Waals surface area contributed by atoms with E-state index in [1.165, 1.54) is 0 Å². The standard InChI is InChI=1S/C7H13N5O3/c8-6-5(10-12-11-6)7(14)9-1-3-15-4-2-13/h13H,1-4H2,(H,9,14)(H3,8,10,11,12). The first-order chi connectivity index (χ1) is 7.25. The number of anilines is 1. The highest BCUT2D eigenvalue weighted by atomic mass is 16.5. The van der Waals surface area contributed by atoms with E-state index in [0.29, 0.717) is 13.2 Å². The second kappa shape index (κ2) is 5.94. The molecule has 0 aliphatic heterocycles. The zero-order valence-electron chi connectivity index (χ0n) is 8.06. The average Bonchev–Trinajstić information content (AvgIpc) is 2.64. The van der Waals surface area contributed by atoms with Gasteiger partial charge in [-0.15, -0.1) is 10.2 Å². The SMILES string of the molecule is Nc1n[nH]nc1C(=O)NCCOCCO. The molecule has 0 aliphatic rings. The van der Waals surface area contributed by atoms with Gasteiger partial charge in [0.2, 0.25) is 0 Å². The summed E-state index contributed by atoms with van der Waals surface area (Å²) in [5.41, 5.74) is 5.43. The van der Waals surface area contributed by atoms with E-state index >= 15 is 0 Å². The van der Waals surface area contributed by atoms with Crippen LogP contribution >= 0.6 is 0 Å². The summed E-state index contributed by atoms with van der Waals surface area (Å²) in [5.74, 6) is -0.349. The number of rotatable bonds is 6. The number of hydrogen-bond acceptors (Lipinski definition) is 6. The molecule has 0 spiro atoms. The number of aliphatic hydroxyl groups is 1. The van der Waals surface area contributed by atoms with E-state index in [2.05, 4.69) is 20.7 Å². The maximum Gasteiger partial charge on any atom is 0.275 e. The Morgan fingerprint density at radius 1 is 1.53 bits per heavy atom. The molecule has 0 aliphatic carbocycles. The smallest absolute Gasteiger partial charge is 0.275 e. The van der Waals surface area contributed by atoms with Crippen LogP contribution in [-0.4, -0.2) is 52.8 Å². The van der Waals surface area contributed by atoms with Crippen molar-refractivity contribution in [2.75, 3.05) is 32.1 Å². The number of nitrogens with two attached hydrogens (primary N) is 1.